The van der Waals surface area contributed by atoms with Crippen molar-refractivity contribution in [3.8, 4) is 11.4 Å². The van der Waals surface area contributed by atoms with Gasteiger partial charge in [-0.2, -0.15) is 4.80 Å². The lowest BCUT2D eigenvalue weighted by molar-refractivity contribution is -0.138. The van der Waals surface area contributed by atoms with E-state index in [1.165, 1.54) is 12.1 Å². The summed E-state index contributed by atoms with van der Waals surface area (Å²) in [6, 6.07) is 5.95. The molecule has 2 aromatic rings. The quantitative estimate of drug-likeness (QED) is 0.827. The van der Waals surface area contributed by atoms with Gasteiger partial charge < -0.3 is 5.11 Å². The number of carboxylic acids is 1. The highest BCUT2D eigenvalue weighted by Gasteiger charge is 2.10. The van der Waals surface area contributed by atoms with E-state index < -0.39 is 15.8 Å². The van der Waals surface area contributed by atoms with Crippen LogP contribution in [0.5, 0.6) is 0 Å². The van der Waals surface area contributed by atoms with Crippen LogP contribution in [-0.4, -0.2) is 46.0 Å². The van der Waals surface area contributed by atoms with Gasteiger partial charge in [0.2, 0.25) is 5.82 Å². The molecule has 0 saturated carbocycles. The molecule has 19 heavy (non-hydrogen) atoms. The molecule has 0 aliphatic heterocycles. The first kappa shape index (κ1) is 13.1. The van der Waals surface area contributed by atoms with Crippen molar-refractivity contribution < 1.29 is 18.3 Å². The second-order valence-electron chi connectivity index (χ2n) is 3.83. The summed E-state index contributed by atoms with van der Waals surface area (Å²) in [5.41, 5.74) is 0.559. The third-order valence-electron chi connectivity index (χ3n) is 2.27. The molecule has 0 saturated heterocycles. The van der Waals surface area contributed by atoms with Gasteiger partial charge in [0.15, 0.2) is 16.4 Å². The van der Waals surface area contributed by atoms with Gasteiger partial charge in [-0.1, -0.05) is 0 Å². The number of carboxylic acid groups (broad SMARTS) is 1. The topological polar surface area (TPSA) is 115 Å². The zero-order chi connectivity index (χ0) is 14.0. The number of carbonyl (C=O) groups is 1. The summed E-state index contributed by atoms with van der Waals surface area (Å²) in [5.74, 6) is -0.835. The van der Waals surface area contributed by atoms with Crippen LogP contribution in [0.2, 0.25) is 0 Å². The van der Waals surface area contributed by atoms with E-state index in [0.717, 1.165) is 11.1 Å². The molecule has 100 valence electrons. The lowest BCUT2D eigenvalue weighted by Gasteiger charge is -1.98. The molecule has 1 N–H and O–H groups in total. The van der Waals surface area contributed by atoms with Gasteiger partial charge in [-0.05, 0) is 29.5 Å². The third-order valence-corrected chi connectivity index (χ3v) is 3.40. The Morgan fingerprint density at radius 2 is 1.95 bits per heavy atom. The fourth-order valence-electron chi connectivity index (χ4n) is 1.40. The number of tetrazole rings is 1. The van der Waals surface area contributed by atoms with Crippen LogP contribution in [0.3, 0.4) is 0 Å². The second kappa shape index (κ2) is 4.76. The fourth-order valence-corrected chi connectivity index (χ4v) is 2.03. The molecule has 0 atom stereocenters. The summed E-state index contributed by atoms with van der Waals surface area (Å²) in [6.45, 7) is -0.381. The van der Waals surface area contributed by atoms with Crippen molar-refractivity contribution in [2.45, 2.75) is 11.4 Å². The number of aliphatic carboxylic acids is 1. The van der Waals surface area contributed by atoms with Gasteiger partial charge in [-0.15, -0.1) is 10.2 Å². The van der Waals surface area contributed by atoms with E-state index in [1.54, 1.807) is 12.1 Å². The highest BCUT2D eigenvalue weighted by atomic mass is 32.2. The molecule has 9 heteroatoms. The normalized spacial score (nSPS) is 11.4. The predicted octanol–water partition coefficient (Wildman–Crippen LogP) is -0.172. The van der Waals surface area contributed by atoms with Crippen LogP contribution in [0.1, 0.15) is 0 Å². The van der Waals surface area contributed by atoms with Crippen molar-refractivity contribution in [1.82, 2.24) is 20.2 Å². The first-order chi connectivity index (χ1) is 8.86. The lowest BCUT2D eigenvalue weighted by Crippen LogP contribution is -2.11. The summed E-state index contributed by atoms with van der Waals surface area (Å²) >= 11 is 0. The van der Waals surface area contributed by atoms with E-state index in [1.807, 2.05) is 0 Å². The Morgan fingerprint density at radius 3 is 2.47 bits per heavy atom. The van der Waals surface area contributed by atoms with E-state index in [0.29, 0.717) is 5.56 Å². The van der Waals surface area contributed by atoms with Gasteiger partial charge >= 0.3 is 5.97 Å². The van der Waals surface area contributed by atoms with Crippen molar-refractivity contribution in [3.63, 3.8) is 0 Å². The van der Waals surface area contributed by atoms with Crippen molar-refractivity contribution >= 4 is 15.8 Å². The van der Waals surface area contributed by atoms with Crippen LogP contribution in [0.15, 0.2) is 29.2 Å². The maximum atomic E-state index is 11.3. The number of benzene rings is 1. The van der Waals surface area contributed by atoms with Gasteiger partial charge in [0.1, 0.15) is 0 Å². The predicted molar refractivity (Wildman–Crippen MR) is 64.0 cm³/mol. The van der Waals surface area contributed by atoms with Crippen molar-refractivity contribution in [2.24, 2.45) is 0 Å². The molecule has 0 aliphatic carbocycles. The summed E-state index contributed by atoms with van der Waals surface area (Å²) in [5, 5.41) is 19.7. The van der Waals surface area contributed by atoms with E-state index in [-0.39, 0.29) is 17.3 Å². The van der Waals surface area contributed by atoms with Gasteiger partial charge in [0, 0.05) is 11.8 Å². The summed E-state index contributed by atoms with van der Waals surface area (Å²) < 4.78 is 22.6. The molecule has 0 fully saturated rings. The molecule has 0 amide bonds. The van der Waals surface area contributed by atoms with Crippen molar-refractivity contribution in [1.29, 1.82) is 0 Å². The molecular weight excluding hydrogens is 272 g/mol. The zero-order valence-corrected chi connectivity index (χ0v) is 10.7. The summed E-state index contributed by atoms with van der Waals surface area (Å²) in [4.78, 5) is 11.6. The molecule has 2 rings (SSSR count). The number of sulfone groups is 1. The Kier molecular flexibility index (Phi) is 3.30. The van der Waals surface area contributed by atoms with Crippen molar-refractivity contribution in [2.75, 3.05) is 6.26 Å². The van der Waals surface area contributed by atoms with Crippen LogP contribution in [0.25, 0.3) is 11.4 Å². The third kappa shape index (κ3) is 3.13. The Hall–Kier alpha value is -2.29. The molecule has 0 radical (unpaired) electrons. The smallest absolute Gasteiger partial charge is 0.327 e. The maximum Gasteiger partial charge on any atom is 0.327 e. The van der Waals surface area contributed by atoms with Gasteiger partial charge in [0.25, 0.3) is 0 Å². The number of aromatic nitrogens is 4. The Bertz CT molecular complexity index is 705. The highest BCUT2D eigenvalue weighted by molar-refractivity contribution is 7.90. The van der Waals surface area contributed by atoms with Crippen LogP contribution in [-0.2, 0) is 21.2 Å². The van der Waals surface area contributed by atoms with E-state index in [9.17, 15) is 13.2 Å². The Morgan fingerprint density at radius 1 is 1.32 bits per heavy atom. The number of hydrogen-bond acceptors (Lipinski definition) is 6. The maximum absolute atomic E-state index is 11.3. The zero-order valence-electron chi connectivity index (χ0n) is 9.89. The molecular formula is C10H10N4O4S. The highest BCUT2D eigenvalue weighted by Crippen LogP contribution is 2.17. The van der Waals surface area contributed by atoms with Crippen LogP contribution in [0.4, 0.5) is 0 Å². The SMILES string of the molecule is CS(=O)(=O)c1ccc(-c2nnn(CC(=O)O)n2)cc1. The molecule has 1 aromatic heterocycles. The summed E-state index contributed by atoms with van der Waals surface area (Å²) in [7, 11) is -3.25. The molecule has 0 unspecified atom stereocenters. The van der Waals surface area contributed by atoms with Crippen LogP contribution < -0.4 is 0 Å². The van der Waals surface area contributed by atoms with E-state index in [2.05, 4.69) is 15.4 Å². The van der Waals surface area contributed by atoms with Crippen LogP contribution in [0, 0.1) is 0 Å². The molecule has 0 aliphatic rings. The fraction of sp³-hybridized carbons (Fsp3) is 0.200. The standard InChI is InChI=1S/C10H10N4O4S/c1-19(17,18)8-4-2-7(3-5-8)10-11-13-14(12-10)6-9(15)16/h2-5H,6H2,1H3,(H,15,16). The summed E-state index contributed by atoms with van der Waals surface area (Å²) in [6.07, 6.45) is 1.11. The minimum Gasteiger partial charge on any atom is -0.480 e. The van der Waals surface area contributed by atoms with Gasteiger partial charge in [0.05, 0.1) is 4.90 Å². The first-order valence-corrected chi connectivity index (χ1v) is 7.05. The average molecular weight is 282 g/mol. The van der Waals surface area contributed by atoms with Gasteiger partial charge in [-0.3, -0.25) is 4.79 Å². The molecule has 1 aromatic carbocycles. The number of nitrogens with zero attached hydrogens (tertiary/aromatic N) is 4. The monoisotopic (exact) mass is 282 g/mol. The Balaban J connectivity index is 2.27. The number of hydrogen-bond donors (Lipinski definition) is 1. The molecule has 0 spiro atoms. The number of rotatable bonds is 4. The first-order valence-electron chi connectivity index (χ1n) is 5.16. The molecule has 8 nitrogen and oxygen atoms in total. The molecule has 1 heterocycles. The average Bonchev–Trinajstić information content (AvgIpc) is 2.75. The molecule has 0 bridgehead atoms. The van der Waals surface area contributed by atoms with Crippen LogP contribution >= 0.6 is 0 Å². The second-order valence-corrected chi connectivity index (χ2v) is 5.85. The van der Waals surface area contributed by atoms with Gasteiger partial charge in [-0.25, -0.2) is 8.42 Å². The minimum atomic E-state index is -3.25. The van der Waals surface area contributed by atoms with E-state index in [4.69, 9.17) is 5.11 Å². The Labute approximate surface area is 108 Å². The van der Waals surface area contributed by atoms with Crippen molar-refractivity contribution in [3.05, 3.63) is 24.3 Å². The van der Waals surface area contributed by atoms with E-state index >= 15 is 0 Å². The minimum absolute atomic E-state index is 0.189. The largest absolute Gasteiger partial charge is 0.480 e. The lowest BCUT2D eigenvalue weighted by atomic mass is 10.2.